The standard InChI is InChI=1S/C10H14O/c1-4-8-6-10(11)7(3)9(8)5-2/h4-5,7,10-11H,1-2,6H2,3H3. The Bertz CT molecular complexity index is 213. The molecule has 0 radical (unpaired) electrons. The minimum Gasteiger partial charge on any atom is -0.392 e. The van der Waals surface area contributed by atoms with Crippen LogP contribution in [0.1, 0.15) is 13.3 Å². The van der Waals surface area contributed by atoms with Gasteiger partial charge in [0.25, 0.3) is 0 Å². The molecule has 1 N–H and O–H groups in total. The third kappa shape index (κ3) is 1.29. The molecule has 60 valence electrons. The van der Waals surface area contributed by atoms with Gasteiger partial charge in [0, 0.05) is 5.92 Å². The second-order valence-electron chi connectivity index (χ2n) is 2.95. The van der Waals surface area contributed by atoms with Crippen molar-refractivity contribution >= 4 is 0 Å². The summed E-state index contributed by atoms with van der Waals surface area (Å²) in [6.45, 7) is 9.41. The van der Waals surface area contributed by atoms with Crippen LogP contribution >= 0.6 is 0 Å². The highest BCUT2D eigenvalue weighted by Gasteiger charge is 2.26. The van der Waals surface area contributed by atoms with Crippen LogP contribution in [0.3, 0.4) is 0 Å². The fourth-order valence-electron chi connectivity index (χ4n) is 1.54. The summed E-state index contributed by atoms with van der Waals surface area (Å²) in [6.07, 6.45) is 4.11. The number of aliphatic hydroxyl groups excluding tert-OH is 1. The molecule has 0 aromatic rings. The van der Waals surface area contributed by atoms with Gasteiger partial charge in [-0.2, -0.15) is 0 Å². The highest BCUT2D eigenvalue weighted by atomic mass is 16.3. The Morgan fingerprint density at radius 2 is 2.09 bits per heavy atom. The van der Waals surface area contributed by atoms with Crippen molar-refractivity contribution in [1.82, 2.24) is 0 Å². The zero-order chi connectivity index (χ0) is 8.43. The summed E-state index contributed by atoms with van der Waals surface area (Å²) >= 11 is 0. The maximum absolute atomic E-state index is 9.46. The SMILES string of the molecule is C=CC1=C(C=C)C(C)C(O)C1. The van der Waals surface area contributed by atoms with Crippen LogP contribution in [-0.4, -0.2) is 11.2 Å². The summed E-state index contributed by atoms with van der Waals surface area (Å²) in [6, 6.07) is 0. The first kappa shape index (κ1) is 8.28. The fourth-order valence-corrected chi connectivity index (χ4v) is 1.54. The highest BCUT2D eigenvalue weighted by molar-refractivity contribution is 5.38. The molecule has 1 aliphatic carbocycles. The molecule has 11 heavy (non-hydrogen) atoms. The topological polar surface area (TPSA) is 20.2 Å². The van der Waals surface area contributed by atoms with Gasteiger partial charge in [0.1, 0.15) is 0 Å². The Hall–Kier alpha value is -0.820. The summed E-state index contributed by atoms with van der Waals surface area (Å²) in [5, 5.41) is 9.46. The van der Waals surface area contributed by atoms with Crippen LogP contribution in [0.2, 0.25) is 0 Å². The van der Waals surface area contributed by atoms with Crippen molar-refractivity contribution < 1.29 is 5.11 Å². The lowest BCUT2D eigenvalue weighted by Crippen LogP contribution is -2.11. The van der Waals surface area contributed by atoms with E-state index in [0.717, 1.165) is 17.6 Å². The Morgan fingerprint density at radius 1 is 1.45 bits per heavy atom. The predicted molar refractivity (Wildman–Crippen MR) is 47.2 cm³/mol. The normalized spacial score (nSPS) is 30.7. The van der Waals surface area contributed by atoms with Crippen molar-refractivity contribution in [3.8, 4) is 0 Å². The fraction of sp³-hybridized carbons (Fsp3) is 0.400. The van der Waals surface area contributed by atoms with Crippen molar-refractivity contribution in [1.29, 1.82) is 0 Å². The van der Waals surface area contributed by atoms with Crippen LogP contribution in [0.15, 0.2) is 36.5 Å². The average molecular weight is 150 g/mol. The lowest BCUT2D eigenvalue weighted by Gasteiger charge is -2.09. The Morgan fingerprint density at radius 3 is 2.45 bits per heavy atom. The van der Waals surface area contributed by atoms with E-state index in [1.165, 1.54) is 0 Å². The molecular weight excluding hydrogens is 136 g/mol. The summed E-state index contributed by atoms with van der Waals surface area (Å²) < 4.78 is 0. The molecule has 0 saturated heterocycles. The largest absolute Gasteiger partial charge is 0.392 e. The van der Waals surface area contributed by atoms with E-state index in [4.69, 9.17) is 0 Å². The molecule has 2 unspecified atom stereocenters. The van der Waals surface area contributed by atoms with Gasteiger partial charge < -0.3 is 5.11 Å². The van der Waals surface area contributed by atoms with Gasteiger partial charge in [-0.1, -0.05) is 32.2 Å². The third-order valence-electron chi connectivity index (χ3n) is 2.33. The predicted octanol–water partition coefficient (Wildman–Crippen LogP) is 2.06. The minimum absolute atomic E-state index is 0.223. The Labute approximate surface area is 67.7 Å². The quantitative estimate of drug-likeness (QED) is 0.638. The number of hydrogen-bond acceptors (Lipinski definition) is 1. The molecule has 1 nitrogen and oxygen atoms in total. The van der Waals surface area contributed by atoms with Crippen LogP contribution in [0.4, 0.5) is 0 Å². The first-order valence-corrected chi connectivity index (χ1v) is 3.86. The summed E-state index contributed by atoms with van der Waals surface area (Å²) in [5.74, 6) is 0.223. The van der Waals surface area contributed by atoms with Crippen LogP contribution in [-0.2, 0) is 0 Å². The van der Waals surface area contributed by atoms with Gasteiger partial charge in [-0.15, -0.1) is 0 Å². The van der Waals surface area contributed by atoms with Crippen molar-refractivity contribution in [3.05, 3.63) is 36.5 Å². The summed E-state index contributed by atoms with van der Waals surface area (Å²) in [5.41, 5.74) is 2.28. The molecular formula is C10H14O. The summed E-state index contributed by atoms with van der Waals surface area (Å²) in [7, 11) is 0. The Balaban J connectivity index is 2.94. The minimum atomic E-state index is -0.240. The van der Waals surface area contributed by atoms with Gasteiger partial charge in [-0.3, -0.25) is 0 Å². The molecule has 0 aromatic heterocycles. The average Bonchev–Trinajstić information content (AvgIpc) is 2.28. The van der Waals surface area contributed by atoms with Crippen LogP contribution < -0.4 is 0 Å². The van der Waals surface area contributed by atoms with Crippen LogP contribution in [0.25, 0.3) is 0 Å². The van der Waals surface area contributed by atoms with Crippen LogP contribution in [0.5, 0.6) is 0 Å². The van der Waals surface area contributed by atoms with Crippen molar-refractivity contribution in [2.45, 2.75) is 19.4 Å². The Kier molecular flexibility index (Phi) is 2.30. The monoisotopic (exact) mass is 150 g/mol. The molecule has 0 heterocycles. The lowest BCUT2D eigenvalue weighted by atomic mass is 10.0. The number of allylic oxidation sites excluding steroid dienone is 2. The molecule has 1 rings (SSSR count). The maximum atomic E-state index is 9.46. The van der Waals surface area contributed by atoms with Crippen molar-refractivity contribution in [2.75, 3.05) is 0 Å². The van der Waals surface area contributed by atoms with Gasteiger partial charge >= 0.3 is 0 Å². The number of hydrogen-bond donors (Lipinski definition) is 1. The van der Waals surface area contributed by atoms with Gasteiger partial charge in [0.05, 0.1) is 6.10 Å². The second kappa shape index (κ2) is 3.05. The van der Waals surface area contributed by atoms with E-state index in [1.54, 1.807) is 0 Å². The van der Waals surface area contributed by atoms with Gasteiger partial charge in [-0.05, 0) is 17.6 Å². The molecule has 0 saturated carbocycles. The molecule has 1 heteroatoms. The number of aliphatic hydroxyl groups is 1. The van der Waals surface area contributed by atoms with E-state index in [-0.39, 0.29) is 12.0 Å². The lowest BCUT2D eigenvalue weighted by molar-refractivity contribution is 0.148. The smallest absolute Gasteiger partial charge is 0.0646 e. The van der Waals surface area contributed by atoms with E-state index >= 15 is 0 Å². The summed E-state index contributed by atoms with van der Waals surface area (Å²) in [4.78, 5) is 0. The highest BCUT2D eigenvalue weighted by Crippen LogP contribution is 2.32. The molecule has 0 aromatic carbocycles. The molecule has 0 amide bonds. The molecule has 0 bridgehead atoms. The maximum Gasteiger partial charge on any atom is 0.0646 e. The van der Waals surface area contributed by atoms with Gasteiger partial charge in [-0.25, -0.2) is 0 Å². The first-order chi connectivity index (χ1) is 5.20. The van der Waals surface area contributed by atoms with Crippen LogP contribution in [0, 0.1) is 5.92 Å². The van der Waals surface area contributed by atoms with E-state index in [1.807, 2.05) is 19.1 Å². The zero-order valence-electron chi connectivity index (χ0n) is 6.88. The van der Waals surface area contributed by atoms with Gasteiger partial charge in [0.2, 0.25) is 0 Å². The zero-order valence-corrected chi connectivity index (χ0v) is 6.88. The first-order valence-electron chi connectivity index (χ1n) is 3.86. The molecule has 0 aliphatic heterocycles. The molecule has 1 aliphatic rings. The van der Waals surface area contributed by atoms with Crippen molar-refractivity contribution in [3.63, 3.8) is 0 Å². The van der Waals surface area contributed by atoms with E-state index in [0.29, 0.717) is 0 Å². The second-order valence-corrected chi connectivity index (χ2v) is 2.95. The number of rotatable bonds is 2. The van der Waals surface area contributed by atoms with Crippen molar-refractivity contribution in [2.24, 2.45) is 5.92 Å². The van der Waals surface area contributed by atoms with E-state index < -0.39 is 0 Å². The van der Waals surface area contributed by atoms with E-state index in [9.17, 15) is 5.11 Å². The van der Waals surface area contributed by atoms with E-state index in [2.05, 4.69) is 13.2 Å². The molecule has 0 spiro atoms. The molecule has 0 fully saturated rings. The third-order valence-corrected chi connectivity index (χ3v) is 2.33. The van der Waals surface area contributed by atoms with Gasteiger partial charge in [0.15, 0.2) is 0 Å². The molecule has 2 atom stereocenters.